The molecule has 0 aliphatic heterocycles. The smallest absolute Gasteiger partial charge is 0.0160 e. The zero-order chi connectivity index (χ0) is 7.52. The van der Waals surface area contributed by atoms with Crippen LogP contribution >= 0.6 is 0 Å². The van der Waals surface area contributed by atoms with E-state index in [-0.39, 0.29) is 0 Å². The molecular formula is C11H16. The van der Waals surface area contributed by atoms with Gasteiger partial charge in [-0.3, -0.25) is 0 Å². The van der Waals surface area contributed by atoms with Gasteiger partial charge in [0.1, 0.15) is 0 Å². The van der Waals surface area contributed by atoms with Crippen molar-refractivity contribution in [3.8, 4) is 0 Å². The predicted octanol–water partition coefficient (Wildman–Crippen LogP) is 3.45. The zero-order valence-corrected chi connectivity index (χ0v) is 7.05. The summed E-state index contributed by atoms with van der Waals surface area (Å²) in [5, 5.41) is 0. The van der Waals surface area contributed by atoms with Gasteiger partial charge < -0.3 is 0 Å². The fraction of sp³-hybridized carbons (Fsp3) is 0.636. The molecule has 0 aromatic rings. The Labute approximate surface area is 69.0 Å². The van der Waals surface area contributed by atoms with Crippen molar-refractivity contribution in [2.45, 2.75) is 38.5 Å². The minimum Gasteiger partial charge on any atom is -0.0805 e. The normalized spacial score (nSPS) is 24.5. The highest BCUT2D eigenvalue weighted by atomic mass is 14.2. The van der Waals surface area contributed by atoms with Crippen molar-refractivity contribution in [2.75, 3.05) is 0 Å². The summed E-state index contributed by atoms with van der Waals surface area (Å²) in [5.74, 6) is 1.02. The van der Waals surface area contributed by atoms with Crippen molar-refractivity contribution in [1.29, 1.82) is 0 Å². The molecule has 1 saturated carbocycles. The van der Waals surface area contributed by atoms with Crippen LogP contribution in [0.2, 0.25) is 0 Å². The molecule has 2 rings (SSSR count). The first-order valence-electron chi connectivity index (χ1n) is 4.81. The third-order valence-electron chi connectivity index (χ3n) is 2.85. The van der Waals surface area contributed by atoms with Crippen LogP contribution in [0, 0.1) is 5.92 Å². The van der Waals surface area contributed by atoms with Crippen LogP contribution in [0.25, 0.3) is 0 Å². The van der Waals surface area contributed by atoms with Gasteiger partial charge in [0.05, 0.1) is 0 Å². The van der Waals surface area contributed by atoms with Crippen molar-refractivity contribution in [3.63, 3.8) is 0 Å². The van der Waals surface area contributed by atoms with Crippen LogP contribution in [0.5, 0.6) is 0 Å². The molecule has 0 radical (unpaired) electrons. The molecule has 0 N–H and O–H groups in total. The minimum atomic E-state index is 1.02. The van der Waals surface area contributed by atoms with Gasteiger partial charge in [0, 0.05) is 0 Å². The van der Waals surface area contributed by atoms with Gasteiger partial charge in [0.15, 0.2) is 0 Å². The summed E-state index contributed by atoms with van der Waals surface area (Å²) < 4.78 is 0. The Balaban J connectivity index is 1.84. The highest BCUT2D eigenvalue weighted by molar-refractivity contribution is 5.26. The molecule has 0 heterocycles. The Morgan fingerprint density at radius 2 is 2.09 bits per heavy atom. The maximum atomic E-state index is 2.37. The molecule has 0 saturated heterocycles. The van der Waals surface area contributed by atoms with Gasteiger partial charge >= 0.3 is 0 Å². The van der Waals surface area contributed by atoms with Gasteiger partial charge in [0.25, 0.3) is 0 Å². The molecule has 2 aliphatic rings. The van der Waals surface area contributed by atoms with Crippen LogP contribution in [0.15, 0.2) is 23.8 Å². The van der Waals surface area contributed by atoms with Crippen LogP contribution in [0.1, 0.15) is 38.5 Å². The molecule has 0 aromatic heterocycles. The van der Waals surface area contributed by atoms with E-state index in [1.54, 1.807) is 5.57 Å². The summed E-state index contributed by atoms with van der Waals surface area (Å²) in [6.45, 7) is 0. The fourth-order valence-electron chi connectivity index (χ4n) is 2.21. The summed E-state index contributed by atoms with van der Waals surface area (Å²) in [6.07, 6.45) is 15.4. The summed E-state index contributed by atoms with van der Waals surface area (Å²) in [5.41, 5.74) is 1.59. The molecule has 0 spiro atoms. The number of hydrogen-bond acceptors (Lipinski definition) is 0. The van der Waals surface area contributed by atoms with E-state index in [9.17, 15) is 0 Å². The number of rotatable bonds is 2. The SMILES string of the molecule is C1=CC(CC2CCCC2)=CC1. The zero-order valence-electron chi connectivity index (χ0n) is 7.05. The average molecular weight is 148 g/mol. The summed E-state index contributed by atoms with van der Waals surface area (Å²) in [6, 6.07) is 0. The second-order valence-corrected chi connectivity index (χ2v) is 3.77. The fourth-order valence-corrected chi connectivity index (χ4v) is 2.21. The van der Waals surface area contributed by atoms with E-state index in [1.165, 1.54) is 38.5 Å². The molecule has 0 unspecified atom stereocenters. The Morgan fingerprint density at radius 3 is 2.73 bits per heavy atom. The lowest BCUT2D eigenvalue weighted by atomic mass is 9.99. The Bertz CT molecular complexity index is 180. The summed E-state index contributed by atoms with van der Waals surface area (Å²) in [4.78, 5) is 0. The number of hydrogen-bond donors (Lipinski definition) is 0. The maximum Gasteiger partial charge on any atom is -0.0160 e. The van der Waals surface area contributed by atoms with Crippen LogP contribution in [-0.4, -0.2) is 0 Å². The van der Waals surface area contributed by atoms with Gasteiger partial charge in [-0.05, 0) is 18.8 Å². The molecule has 0 amide bonds. The molecule has 11 heavy (non-hydrogen) atoms. The first kappa shape index (κ1) is 7.15. The average Bonchev–Trinajstić information content (AvgIpc) is 2.60. The molecule has 0 heteroatoms. The summed E-state index contributed by atoms with van der Waals surface area (Å²) >= 11 is 0. The highest BCUT2D eigenvalue weighted by Gasteiger charge is 2.15. The van der Waals surface area contributed by atoms with Gasteiger partial charge in [-0.2, -0.15) is 0 Å². The molecule has 0 nitrogen and oxygen atoms in total. The molecule has 60 valence electrons. The highest BCUT2D eigenvalue weighted by Crippen LogP contribution is 2.31. The third-order valence-corrected chi connectivity index (χ3v) is 2.85. The van der Waals surface area contributed by atoms with Gasteiger partial charge in [0.2, 0.25) is 0 Å². The second kappa shape index (κ2) is 3.25. The Morgan fingerprint density at radius 1 is 1.27 bits per heavy atom. The Kier molecular flexibility index (Phi) is 2.11. The molecule has 0 bridgehead atoms. The molecule has 2 aliphatic carbocycles. The topological polar surface area (TPSA) is 0 Å². The van der Waals surface area contributed by atoms with Crippen LogP contribution < -0.4 is 0 Å². The molecule has 0 aromatic carbocycles. The van der Waals surface area contributed by atoms with Gasteiger partial charge in [-0.1, -0.05) is 49.5 Å². The molecule has 0 atom stereocenters. The maximum absolute atomic E-state index is 2.37. The third kappa shape index (κ3) is 1.74. The molecule has 1 fully saturated rings. The van der Waals surface area contributed by atoms with Crippen molar-refractivity contribution < 1.29 is 0 Å². The number of allylic oxidation sites excluding steroid dienone is 4. The van der Waals surface area contributed by atoms with E-state index in [0.29, 0.717) is 0 Å². The van der Waals surface area contributed by atoms with Gasteiger partial charge in [-0.15, -0.1) is 0 Å². The predicted molar refractivity (Wildman–Crippen MR) is 48.4 cm³/mol. The lowest BCUT2D eigenvalue weighted by Crippen LogP contribution is -1.92. The van der Waals surface area contributed by atoms with Crippen molar-refractivity contribution >= 4 is 0 Å². The van der Waals surface area contributed by atoms with Crippen LogP contribution in [0.3, 0.4) is 0 Å². The first-order chi connectivity index (χ1) is 5.45. The van der Waals surface area contributed by atoms with Crippen molar-refractivity contribution in [2.24, 2.45) is 5.92 Å². The lowest BCUT2D eigenvalue weighted by Gasteiger charge is -2.07. The van der Waals surface area contributed by atoms with E-state index < -0.39 is 0 Å². The van der Waals surface area contributed by atoms with Crippen molar-refractivity contribution in [3.05, 3.63) is 23.8 Å². The lowest BCUT2D eigenvalue weighted by molar-refractivity contribution is 0.549. The van der Waals surface area contributed by atoms with E-state index >= 15 is 0 Å². The second-order valence-electron chi connectivity index (χ2n) is 3.77. The van der Waals surface area contributed by atoms with Crippen LogP contribution in [-0.2, 0) is 0 Å². The van der Waals surface area contributed by atoms with E-state index in [4.69, 9.17) is 0 Å². The summed E-state index contributed by atoms with van der Waals surface area (Å²) in [7, 11) is 0. The quantitative estimate of drug-likeness (QED) is 0.562. The van der Waals surface area contributed by atoms with E-state index in [1.807, 2.05) is 0 Å². The first-order valence-corrected chi connectivity index (χ1v) is 4.81. The monoisotopic (exact) mass is 148 g/mol. The van der Waals surface area contributed by atoms with Crippen LogP contribution in [0.4, 0.5) is 0 Å². The molecular weight excluding hydrogens is 132 g/mol. The van der Waals surface area contributed by atoms with Crippen molar-refractivity contribution in [1.82, 2.24) is 0 Å². The minimum absolute atomic E-state index is 1.02. The Hall–Kier alpha value is -0.520. The van der Waals surface area contributed by atoms with Gasteiger partial charge in [-0.25, -0.2) is 0 Å². The van der Waals surface area contributed by atoms with E-state index in [2.05, 4.69) is 18.2 Å². The van der Waals surface area contributed by atoms with E-state index in [0.717, 1.165) is 5.92 Å². The largest absolute Gasteiger partial charge is 0.0805 e. The standard InChI is InChI=1S/C11H16/c1-2-6-10(5-1)9-11-7-3-4-8-11/h1,5-6,11H,2-4,7-9H2.